The van der Waals surface area contributed by atoms with Crippen LogP contribution in [0.25, 0.3) is 0 Å². The van der Waals surface area contributed by atoms with Crippen LogP contribution >= 0.6 is 0 Å². The number of nitrogens with zero attached hydrogens (tertiary/aromatic N) is 1. The molecule has 3 rings (SSSR count). The van der Waals surface area contributed by atoms with Crippen molar-refractivity contribution in [2.75, 3.05) is 20.2 Å². The molecule has 1 heterocycles. The molecule has 18 heavy (non-hydrogen) atoms. The van der Waals surface area contributed by atoms with Gasteiger partial charge in [-0.15, -0.1) is 0 Å². The van der Waals surface area contributed by atoms with E-state index in [1.165, 1.54) is 24.8 Å². The number of aromatic hydroxyl groups is 1. The van der Waals surface area contributed by atoms with Crippen molar-refractivity contribution in [2.45, 2.75) is 37.3 Å². The molecule has 0 radical (unpaired) electrons. The molecule has 3 nitrogen and oxygen atoms in total. The Balaban J connectivity index is 1.87. The smallest absolute Gasteiger partial charge is 0.115 e. The van der Waals surface area contributed by atoms with Crippen molar-refractivity contribution >= 4 is 0 Å². The summed E-state index contributed by atoms with van der Waals surface area (Å²) in [6.45, 7) is 1.86. The number of fused-ring (bicyclic) bond motifs is 1. The quantitative estimate of drug-likeness (QED) is 0.827. The van der Waals surface area contributed by atoms with E-state index in [-0.39, 0.29) is 0 Å². The van der Waals surface area contributed by atoms with E-state index >= 15 is 0 Å². The number of hydrogen-bond acceptors (Lipinski definition) is 3. The number of phenols is 1. The van der Waals surface area contributed by atoms with E-state index in [0.29, 0.717) is 23.8 Å². The van der Waals surface area contributed by atoms with Gasteiger partial charge in [-0.05, 0) is 37.6 Å². The number of phenolic OH excluding ortho intramolecular Hbond substituents is 1. The van der Waals surface area contributed by atoms with Gasteiger partial charge in [0.05, 0.1) is 12.7 Å². The number of benzene rings is 1. The van der Waals surface area contributed by atoms with Crippen LogP contribution in [0, 0.1) is 0 Å². The third kappa shape index (κ3) is 2.13. The Morgan fingerprint density at radius 3 is 3.06 bits per heavy atom. The van der Waals surface area contributed by atoms with Gasteiger partial charge in [0.25, 0.3) is 0 Å². The summed E-state index contributed by atoms with van der Waals surface area (Å²) in [7, 11) is 2.20. The highest BCUT2D eigenvalue weighted by atomic mass is 16.5. The molecule has 1 aliphatic heterocycles. The van der Waals surface area contributed by atoms with Gasteiger partial charge >= 0.3 is 0 Å². The van der Waals surface area contributed by atoms with Crippen LogP contribution in [0.2, 0.25) is 0 Å². The maximum atomic E-state index is 9.64. The molecule has 1 aromatic rings. The molecule has 1 saturated carbocycles. The van der Waals surface area contributed by atoms with Crippen LogP contribution in [0.3, 0.4) is 0 Å². The van der Waals surface area contributed by atoms with Crippen molar-refractivity contribution in [1.82, 2.24) is 4.90 Å². The summed E-state index contributed by atoms with van der Waals surface area (Å²) in [5, 5.41) is 9.64. The second kappa shape index (κ2) is 4.90. The van der Waals surface area contributed by atoms with E-state index in [9.17, 15) is 5.11 Å². The van der Waals surface area contributed by atoms with Gasteiger partial charge < -0.3 is 9.84 Å². The lowest BCUT2D eigenvalue weighted by molar-refractivity contribution is -0.0897. The molecule has 0 spiro atoms. The minimum atomic E-state index is 0.291. The van der Waals surface area contributed by atoms with Crippen molar-refractivity contribution < 1.29 is 9.84 Å². The summed E-state index contributed by atoms with van der Waals surface area (Å²) in [4.78, 5) is 2.43. The first kappa shape index (κ1) is 12.0. The lowest BCUT2D eigenvalue weighted by atomic mass is 9.77. The molecule has 1 aliphatic carbocycles. The van der Waals surface area contributed by atoms with Crippen LogP contribution in [0.4, 0.5) is 0 Å². The van der Waals surface area contributed by atoms with E-state index in [1.54, 1.807) is 6.07 Å². The van der Waals surface area contributed by atoms with Gasteiger partial charge in [-0.3, -0.25) is 4.90 Å². The van der Waals surface area contributed by atoms with Gasteiger partial charge in [-0.1, -0.05) is 18.6 Å². The van der Waals surface area contributed by atoms with Crippen molar-refractivity contribution in [1.29, 1.82) is 0 Å². The molecule has 3 atom stereocenters. The van der Waals surface area contributed by atoms with Crippen molar-refractivity contribution in [3.05, 3.63) is 29.8 Å². The maximum absolute atomic E-state index is 9.64. The fraction of sp³-hybridized carbons (Fsp3) is 0.600. The Morgan fingerprint density at radius 2 is 2.22 bits per heavy atom. The van der Waals surface area contributed by atoms with Gasteiger partial charge in [0, 0.05) is 18.5 Å². The van der Waals surface area contributed by atoms with Gasteiger partial charge in [0.2, 0.25) is 0 Å². The molecule has 0 aromatic heterocycles. The maximum Gasteiger partial charge on any atom is 0.115 e. The second-order valence-corrected chi connectivity index (χ2v) is 5.52. The molecule has 2 fully saturated rings. The highest BCUT2D eigenvalue weighted by Crippen LogP contribution is 2.39. The molecule has 0 amide bonds. The zero-order valence-corrected chi connectivity index (χ0v) is 10.9. The molecule has 1 saturated heterocycles. The SMILES string of the molecule is CN1CCOC2C1CCC[C@@H]2c1cccc(O)c1. The Bertz CT molecular complexity index is 421. The van der Waals surface area contributed by atoms with E-state index in [0.717, 1.165) is 13.2 Å². The van der Waals surface area contributed by atoms with E-state index < -0.39 is 0 Å². The van der Waals surface area contributed by atoms with Crippen LogP contribution in [-0.4, -0.2) is 42.4 Å². The first-order valence-corrected chi connectivity index (χ1v) is 6.86. The van der Waals surface area contributed by atoms with Crippen LogP contribution in [0.15, 0.2) is 24.3 Å². The minimum Gasteiger partial charge on any atom is -0.508 e. The Morgan fingerprint density at radius 1 is 1.33 bits per heavy atom. The predicted molar refractivity (Wildman–Crippen MR) is 70.9 cm³/mol. The monoisotopic (exact) mass is 247 g/mol. The first-order valence-electron chi connectivity index (χ1n) is 6.86. The third-order valence-electron chi connectivity index (χ3n) is 4.41. The second-order valence-electron chi connectivity index (χ2n) is 5.52. The van der Waals surface area contributed by atoms with Gasteiger partial charge in [-0.2, -0.15) is 0 Å². The number of rotatable bonds is 1. The van der Waals surface area contributed by atoms with Crippen LogP contribution in [0.5, 0.6) is 5.75 Å². The standard InChI is InChI=1S/C15H21NO2/c1-16-8-9-18-15-13(6-3-7-14(15)16)11-4-2-5-12(17)10-11/h2,4-5,10,13-15,17H,3,6-9H2,1H3/t13-,14?,15?/m1/s1. The van der Waals surface area contributed by atoms with Crippen LogP contribution in [-0.2, 0) is 4.74 Å². The Kier molecular flexibility index (Phi) is 3.27. The third-order valence-corrected chi connectivity index (χ3v) is 4.41. The molecule has 3 heteroatoms. The number of ether oxygens (including phenoxy) is 1. The highest BCUT2D eigenvalue weighted by Gasteiger charge is 2.39. The lowest BCUT2D eigenvalue weighted by Crippen LogP contribution is -2.53. The average molecular weight is 247 g/mol. The molecule has 98 valence electrons. The molecule has 2 unspecified atom stereocenters. The highest BCUT2D eigenvalue weighted by molar-refractivity contribution is 5.31. The summed E-state index contributed by atoms with van der Waals surface area (Å²) >= 11 is 0. The summed E-state index contributed by atoms with van der Waals surface area (Å²) in [5.41, 5.74) is 1.22. The van der Waals surface area contributed by atoms with Crippen molar-refractivity contribution in [3.63, 3.8) is 0 Å². The number of morpholine rings is 1. The van der Waals surface area contributed by atoms with Gasteiger partial charge in [0.1, 0.15) is 5.75 Å². The summed E-state index contributed by atoms with van der Waals surface area (Å²) in [6, 6.07) is 8.22. The Labute approximate surface area is 108 Å². The largest absolute Gasteiger partial charge is 0.508 e. The number of hydrogen-bond donors (Lipinski definition) is 1. The molecule has 0 bridgehead atoms. The van der Waals surface area contributed by atoms with Crippen molar-refractivity contribution in [3.8, 4) is 5.75 Å². The summed E-state index contributed by atoms with van der Waals surface area (Å²) < 4.78 is 6.04. The predicted octanol–water partition coefficient (Wildman–Crippen LogP) is 2.36. The van der Waals surface area contributed by atoms with Crippen LogP contribution < -0.4 is 0 Å². The molecule has 2 aliphatic rings. The molecular weight excluding hydrogens is 226 g/mol. The average Bonchev–Trinajstić information content (AvgIpc) is 2.39. The molecule has 1 aromatic carbocycles. The summed E-state index contributed by atoms with van der Waals surface area (Å²) in [5.74, 6) is 0.789. The zero-order chi connectivity index (χ0) is 12.5. The zero-order valence-electron chi connectivity index (χ0n) is 10.9. The molecular formula is C15H21NO2. The first-order chi connectivity index (χ1) is 8.75. The summed E-state index contributed by atoms with van der Waals surface area (Å²) in [6.07, 6.45) is 3.93. The van der Waals surface area contributed by atoms with Crippen molar-refractivity contribution in [2.24, 2.45) is 0 Å². The topological polar surface area (TPSA) is 32.7 Å². The van der Waals surface area contributed by atoms with E-state index in [2.05, 4.69) is 18.0 Å². The number of likely N-dealkylation sites (N-methyl/N-ethyl adjacent to an activating group) is 1. The fourth-order valence-electron chi connectivity index (χ4n) is 3.45. The van der Waals surface area contributed by atoms with Gasteiger partial charge in [-0.25, -0.2) is 0 Å². The minimum absolute atomic E-state index is 0.291. The van der Waals surface area contributed by atoms with Crippen LogP contribution in [0.1, 0.15) is 30.7 Å². The van der Waals surface area contributed by atoms with Gasteiger partial charge in [0.15, 0.2) is 0 Å². The van der Waals surface area contributed by atoms with E-state index in [4.69, 9.17) is 4.74 Å². The Hall–Kier alpha value is -1.06. The lowest BCUT2D eigenvalue weighted by Gasteiger charge is -2.46. The van der Waals surface area contributed by atoms with E-state index in [1.807, 2.05) is 12.1 Å². The molecule has 1 N–H and O–H groups in total. The fourth-order valence-corrected chi connectivity index (χ4v) is 3.45. The normalized spacial score (nSPS) is 33.1.